The number of nitrogens with zero attached hydrogens (tertiary/aromatic N) is 4. The van der Waals surface area contributed by atoms with E-state index in [0.717, 1.165) is 26.0 Å². The molecule has 2 aromatic heterocycles. The quantitative estimate of drug-likeness (QED) is 0.713. The van der Waals surface area contributed by atoms with Gasteiger partial charge < -0.3 is 5.32 Å². The van der Waals surface area contributed by atoms with Gasteiger partial charge in [-0.05, 0) is 50.1 Å². The van der Waals surface area contributed by atoms with Crippen LogP contribution in [0.15, 0.2) is 58.1 Å². The van der Waals surface area contributed by atoms with Gasteiger partial charge in [0.25, 0.3) is 0 Å². The molecule has 0 radical (unpaired) electrons. The molecule has 0 bridgehead atoms. The Kier molecular flexibility index (Phi) is 4.31. The van der Waals surface area contributed by atoms with Crippen LogP contribution in [0, 0.1) is 0 Å². The Morgan fingerprint density at radius 3 is 2.81 bits per heavy atom. The molecular formula is C14H11Br2N5. The maximum absolute atomic E-state index is 4.39. The molecule has 1 N–H and O–H groups in total. The zero-order chi connectivity index (χ0) is 14.7. The van der Waals surface area contributed by atoms with Gasteiger partial charge in [0, 0.05) is 15.1 Å². The zero-order valence-corrected chi connectivity index (χ0v) is 14.0. The highest BCUT2D eigenvalue weighted by Gasteiger charge is 2.06. The van der Waals surface area contributed by atoms with Gasteiger partial charge in [0.15, 0.2) is 0 Å². The standard InChI is InChI=1S/C14H11Br2N5/c15-10-5-11(16)13(18-6-10)7-19-12-3-1-2-4-14(12)21-9-17-8-20-21/h1-6,8-9,19H,7H2. The van der Waals surface area contributed by atoms with Gasteiger partial charge in [-0.15, -0.1) is 0 Å². The van der Waals surface area contributed by atoms with Gasteiger partial charge >= 0.3 is 0 Å². The van der Waals surface area contributed by atoms with Crippen LogP contribution in [-0.2, 0) is 6.54 Å². The van der Waals surface area contributed by atoms with Gasteiger partial charge in [0.1, 0.15) is 12.7 Å². The van der Waals surface area contributed by atoms with Crippen molar-refractivity contribution in [2.45, 2.75) is 6.54 Å². The van der Waals surface area contributed by atoms with Gasteiger partial charge in [-0.2, -0.15) is 5.10 Å². The molecule has 2 heterocycles. The molecule has 0 spiro atoms. The second kappa shape index (κ2) is 6.36. The van der Waals surface area contributed by atoms with Crippen molar-refractivity contribution in [3.8, 4) is 5.69 Å². The van der Waals surface area contributed by atoms with Gasteiger partial charge in [-0.25, -0.2) is 9.67 Å². The summed E-state index contributed by atoms with van der Waals surface area (Å²) in [6, 6.07) is 9.92. The van der Waals surface area contributed by atoms with E-state index in [1.165, 1.54) is 6.33 Å². The topological polar surface area (TPSA) is 55.6 Å². The molecule has 0 saturated carbocycles. The number of halogens is 2. The van der Waals surface area contributed by atoms with Crippen molar-refractivity contribution in [3.05, 3.63) is 63.8 Å². The summed E-state index contributed by atoms with van der Waals surface area (Å²) in [6.07, 6.45) is 4.98. The number of pyridine rings is 1. The van der Waals surface area contributed by atoms with E-state index in [0.29, 0.717) is 6.54 Å². The molecule has 21 heavy (non-hydrogen) atoms. The first-order valence-corrected chi connectivity index (χ1v) is 7.80. The van der Waals surface area contributed by atoms with Gasteiger partial charge in [0.05, 0.1) is 23.6 Å². The van der Waals surface area contributed by atoms with E-state index < -0.39 is 0 Å². The highest BCUT2D eigenvalue weighted by atomic mass is 79.9. The molecule has 0 atom stereocenters. The molecular weight excluding hydrogens is 398 g/mol. The van der Waals surface area contributed by atoms with Gasteiger partial charge in [-0.3, -0.25) is 4.98 Å². The first-order chi connectivity index (χ1) is 10.2. The number of hydrogen-bond acceptors (Lipinski definition) is 4. The fourth-order valence-corrected chi connectivity index (χ4v) is 3.04. The maximum atomic E-state index is 4.39. The smallest absolute Gasteiger partial charge is 0.138 e. The summed E-state index contributed by atoms with van der Waals surface area (Å²) in [4.78, 5) is 8.38. The van der Waals surface area contributed by atoms with Crippen LogP contribution in [0.3, 0.4) is 0 Å². The minimum absolute atomic E-state index is 0.611. The van der Waals surface area contributed by atoms with Crippen LogP contribution in [0.2, 0.25) is 0 Å². The lowest BCUT2D eigenvalue weighted by molar-refractivity contribution is 0.876. The predicted molar refractivity (Wildman–Crippen MR) is 88.3 cm³/mol. The zero-order valence-electron chi connectivity index (χ0n) is 10.9. The van der Waals surface area contributed by atoms with Crippen LogP contribution >= 0.6 is 31.9 Å². The molecule has 0 aliphatic rings. The molecule has 0 aliphatic carbocycles. The second-order valence-electron chi connectivity index (χ2n) is 4.29. The molecule has 3 aromatic rings. The largest absolute Gasteiger partial charge is 0.378 e. The summed E-state index contributed by atoms with van der Waals surface area (Å²) in [5.74, 6) is 0. The fraction of sp³-hybridized carbons (Fsp3) is 0.0714. The van der Waals surface area contributed by atoms with Crippen molar-refractivity contribution in [1.82, 2.24) is 19.7 Å². The Hall–Kier alpha value is -1.73. The first-order valence-electron chi connectivity index (χ1n) is 6.22. The maximum Gasteiger partial charge on any atom is 0.138 e. The van der Waals surface area contributed by atoms with Crippen molar-refractivity contribution < 1.29 is 0 Å². The number of hydrogen-bond donors (Lipinski definition) is 1. The molecule has 106 valence electrons. The lowest BCUT2D eigenvalue weighted by Crippen LogP contribution is -2.06. The van der Waals surface area contributed by atoms with Crippen LogP contribution in [0.1, 0.15) is 5.69 Å². The molecule has 0 unspecified atom stereocenters. The van der Waals surface area contributed by atoms with E-state index in [1.54, 1.807) is 17.2 Å². The molecule has 1 aromatic carbocycles. The summed E-state index contributed by atoms with van der Waals surface area (Å²) in [6.45, 7) is 0.611. The van der Waals surface area contributed by atoms with Crippen molar-refractivity contribution in [2.75, 3.05) is 5.32 Å². The molecule has 0 saturated heterocycles. The third-order valence-corrected chi connectivity index (χ3v) is 4.02. The summed E-state index contributed by atoms with van der Waals surface area (Å²) in [7, 11) is 0. The third kappa shape index (κ3) is 3.30. The predicted octanol–water partition coefficient (Wildman–Crippen LogP) is 3.80. The van der Waals surface area contributed by atoms with Crippen LogP contribution in [0.25, 0.3) is 5.69 Å². The molecule has 5 nitrogen and oxygen atoms in total. The number of nitrogens with one attached hydrogen (secondary N) is 1. The van der Waals surface area contributed by atoms with Crippen LogP contribution < -0.4 is 5.32 Å². The Morgan fingerprint density at radius 1 is 1.19 bits per heavy atom. The molecule has 3 rings (SSSR count). The van der Waals surface area contributed by atoms with E-state index in [-0.39, 0.29) is 0 Å². The van der Waals surface area contributed by atoms with E-state index in [1.807, 2.05) is 30.3 Å². The third-order valence-electron chi connectivity index (χ3n) is 2.90. The lowest BCUT2D eigenvalue weighted by atomic mass is 10.2. The van der Waals surface area contributed by atoms with Gasteiger partial charge in [-0.1, -0.05) is 12.1 Å². The number of aromatic nitrogens is 4. The highest BCUT2D eigenvalue weighted by Crippen LogP contribution is 2.23. The van der Waals surface area contributed by atoms with Crippen LogP contribution in [-0.4, -0.2) is 19.7 Å². The number of benzene rings is 1. The second-order valence-corrected chi connectivity index (χ2v) is 6.06. The van der Waals surface area contributed by atoms with Crippen LogP contribution in [0.4, 0.5) is 5.69 Å². The van der Waals surface area contributed by atoms with Crippen molar-refractivity contribution >= 4 is 37.5 Å². The number of rotatable bonds is 4. The molecule has 0 fully saturated rings. The van der Waals surface area contributed by atoms with Crippen LogP contribution in [0.5, 0.6) is 0 Å². The average molecular weight is 409 g/mol. The molecule has 0 aliphatic heterocycles. The van der Waals surface area contributed by atoms with E-state index in [9.17, 15) is 0 Å². The van der Waals surface area contributed by atoms with E-state index in [2.05, 4.69) is 52.2 Å². The van der Waals surface area contributed by atoms with Crippen molar-refractivity contribution in [2.24, 2.45) is 0 Å². The van der Waals surface area contributed by atoms with Crippen molar-refractivity contribution in [3.63, 3.8) is 0 Å². The fourth-order valence-electron chi connectivity index (χ4n) is 1.91. The highest BCUT2D eigenvalue weighted by molar-refractivity contribution is 9.11. The minimum atomic E-state index is 0.611. The SMILES string of the molecule is Brc1cnc(CNc2ccccc2-n2cncn2)c(Br)c1. The number of anilines is 1. The number of para-hydroxylation sites is 2. The Morgan fingerprint density at radius 2 is 2.05 bits per heavy atom. The molecule has 0 amide bonds. The normalized spacial score (nSPS) is 10.6. The molecule has 7 heteroatoms. The van der Waals surface area contributed by atoms with E-state index in [4.69, 9.17) is 0 Å². The minimum Gasteiger partial charge on any atom is -0.378 e. The average Bonchev–Trinajstić information content (AvgIpc) is 3.01. The summed E-state index contributed by atoms with van der Waals surface area (Å²) >= 11 is 6.92. The van der Waals surface area contributed by atoms with Crippen molar-refractivity contribution in [1.29, 1.82) is 0 Å². The lowest BCUT2D eigenvalue weighted by Gasteiger charge is -2.12. The Balaban J connectivity index is 1.83. The van der Waals surface area contributed by atoms with E-state index >= 15 is 0 Å². The Labute approximate surface area is 138 Å². The Bertz CT molecular complexity index is 743. The van der Waals surface area contributed by atoms with Gasteiger partial charge in [0.2, 0.25) is 0 Å². The first kappa shape index (κ1) is 14.2. The summed E-state index contributed by atoms with van der Waals surface area (Å²) in [5, 5.41) is 7.55. The summed E-state index contributed by atoms with van der Waals surface area (Å²) in [5.41, 5.74) is 2.86. The summed E-state index contributed by atoms with van der Waals surface area (Å²) < 4.78 is 3.63. The monoisotopic (exact) mass is 407 g/mol.